The van der Waals surface area contributed by atoms with Gasteiger partial charge in [0, 0.05) is 22.0 Å². The van der Waals surface area contributed by atoms with Crippen LogP contribution in [0.3, 0.4) is 0 Å². The van der Waals surface area contributed by atoms with Crippen LogP contribution < -0.4 is 0 Å². The Balaban J connectivity index is 2.97. The Morgan fingerprint density at radius 1 is 1.46 bits per heavy atom. The molecule has 1 unspecified atom stereocenters. The average molecular weight is 219 g/mol. The maximum atomic E-state index is 10.1. The first-order valence-corrected chi connectivity index (χ1v) is 4.47. The van der Waals surface area contributed by atoms with Crippen molar-refractivity contribution in [2.75, 3.05) is 0 Å². The highest BCUT2D eigenvalue weighted by molar-refractivity contribution is 6.33. The van der Waals surface area contributed by atoms with Gasteiger partial charge in [-0.15, -0.1) is 0 Å². The van der Waals surface area contributed by atoms with E-state index in [0.29, 0.717) is 21.9 Å². The van der Waals surface area contributed by atoms with Gasteiger partial charge in [0.1, 0.15) is 6.29 Å². The summed E-state index contributed by atoms with van der Waals surface area (Å²) in [5.74, 6) is 0. The van der Waals surface area contributed by atoms with Crippen LogP contribution in [0.5, 0.6) is 0 Å². The van der Waals surface area contributed by atoms with Gasteiger partial charge in [-0.1, -0.05) is 23.2 Å². The molecule has 1 aromatic carbocycles. The second kappa shape index (κ2) is 4.61. The number of carbonyl (C=O) groups excluding carboxylic acids is 1. The zero-order valence-corrected chi connectivity index (χ0v) is 8.22. The van der Waals surface area contributed by atoms with Gasteiger partial charge < -0.3 is 9.90 Å². The van der Waals surface area contributed by atoms with Crippen molar-refractivity contribution in [1.29, 1.82) is 0 Å². The van der Waals surface area contributed by atoms with Crippen molar-refractivity contribution in [3.63, 3.8) is 0 Å². The molecule has 1 aromatic rings. The molecule has 0 fully saturated rings. The van der Waals surface area contributed by atoms with Crippen LogP contribution in [0.15, 0.2) is 18.2 Å². The Kier molecular flexibility index (Phi) is 3.72. The number of benzene rings is 1. The third-order valence-corrected chi connectivity index (χ3v) is 2.22. The monoisotopic (exact) mass is 218 g/mol. The van der Waals surface area contributed by atoms with Crippen molar-refractivity contribution >= 4 is 29.5 Å². The maximum absolute atomic E-state index is 10.1. The first kappa shape index (κ1) is 10.5. The van der Waals surface area contributed by atoms with Gasteiger partial charge in [0.05, 0.1) is 6.10 Å². The SMILES string of the molecule is O=CCC(O)c1cc(Cl)ccc1Cl. The van der Waals surface area contributed by atoms with E-state index in [1.807, 2.05) is 0 Å². The largest absolute Gasteiger partial charge is 0.388 e. The topological polar surface area (TPSA) is 37.3 Å². The number of aliphatic hydroxyl groups is 1. The molecular formula is C9H8Cl2O2. The van der Waals surface area contributed by atoms with Crippen molar-refractivity contribution in [2.24, 2.45) is 0 Å². The molecule has 1 atom stereocenters. The molecule has 4 heteroatoms. The first-order valence-electron chi connectivity index (χ1n) is 3.72. The summed E-state index contributed by atoms with van der Waals surface area (Å²) in [5, 5.41) is 10.4. The molecule has 1 rings (SSSR count). The van der Waals surface area contributed by atoms with Crippen LogP contribution in [0.2, 0.25) is 10.0 Å². The maximum Gasteiger partial charge on any atom is 0.122 e. The zero-order valence-electron chi connectivity index (χ0n) is 6.71. The quantitative estimate of drug-likeness (QED) is 0.793. The van der Waals surface area contributed by atoms with Crippen LogP contribution in [0.1, 0.15) is 18.1 Å². The summed E-state index contributed by atoms with van der Waals surface area (Å²) in [6.45, 7) is 0. The van der Waals surface area contributed by atoms with Gasteiger partial charge in [-0.2, -0.15) is 0 Å². The van der Waals surface area contributed by atoms with E-state index in [1.165, 1.54) is 0 Å². The van der Waals surface area contributed by atoms with Crippen LogP contribution in [0.4, 0.5) is 0 Å². The molecule has 0 heterocycles. The Bertz CT molecular complexity index is 312. The molecule has 1 N–H and O–H groups in total. The van der Waals surface area contributed by atoms with Crippen LogP contribution in [0, 0.1) is 0 Å². The summed E-state index contributed by atoms with van der Waals surface area (Å²) < 4.78 is 0. The van der Waals surface area contributed by atoms with E-state index in [1.54, 1.807) is 18.2 Å². The molecule has 2 nitrogen and oxygen atoms in total. The highest BCUT2D eigenvalue weighted by atomic mass is 35.5. The summed E-state index contributed by atoms with van der Waals surface area (Å²) in [5.41, 5.74) is 0.487. The Hall–Kier alpha value is -0.570. The molecule has 0 radical (unpaired) electrons. The van der Waals surface area contributed by atoms with E-state index in [0.717, 1.165) is 0 Å². The lowest BCUT2D eigenvalue weighted by molar-refractivity contribution is -0.109. The summed E-state index contributed by atoms with van der Waals surface area (Å²) in [6.07, 6.45) is -0.203. The number of halogens is 2. The molecule has 0 aliphatic carbocycles. The molecule has 13 heavy (non-hydrogen) atoms. The number of carbonyl (C=O) groups is 1. The Morgan fingerprint density at radius 3 is 2.77 bits per heavy atom. The molecule has 0 aliphatic heterocycles. The van der Waals surface area contributed by atoms with Gasteiger partial charge in [0.15, 0.2) is 0 Å². The van der Waals surface area contributed by atoms with E-state index in [4.69, 9.17) is 23.2 Å². The fraction of sp³-hybridized carbons (Fsp3) is 0.222. The van der Waals surface area contributed by atoms with Crippen molar-refractivity contribution < 1.29 is 9.90 Å². The minimum Gasteiger partial charge on any atom is -0.388 e. The molecule has 0 aromatic heterocycles. The molecule has 70 valence electrons. The van der Waals surface area contributed by atoms with Crippen molar-refractivity contribution in [3.05, 3.63) is 33.8 Å². The lowest BCUT2D eigenvalue weighted by Crippen LogP contribution is -1.98. The van der Waals surface area contributed by atoms with Crippen LogP contribution in [-0.4, -0.2) is 11.4 Å². The molecule has 0 saturated heterocycles. The van der Waals surface area contributed by atoms with E-state index < -0.39 is 6.10 Å². The lowest BCUT2D eigenvalue weighted by Gasteiger charge is -2.09. The van der Waals surface area contributed by atoms with Gasteiger partial charge >= 0.3 is 0 Å². The summed E-state index contributed by atoms with van der Waals surface area (Å²) >= 11 is 11.5. The number of rotatable bonds is 3. The number of hydrogen-bond acceptors (Lipinski definition) is 2. The fourth-order valence-electron chi connectivity index (χ4n) is 0.988. The molecule has 0 bridgehead atoms. The van der Waals surface area contributed by atoms with Crippen LogP contribution in [-0.2, 0) is 4.79 Å². The number of aliphatic hydroxyl groups excluding tert-OH is 1. The van der Waals surface area contributed by atoms with Crippen LogP contribution in [0.25, 0.3) is 0 Å². The van der Waals surface area contributed by atoms with Crippen molar-refractivity contribution in [1.82, 2.24) is 0 Å². The van der Waals surface area contributed by atoms with Gasteiger partial charge in [0.2, 0.25) is 0 Å². The molecule has 0 spiro atoms. The molecular weight excluding hydrogens is 211 g/mol. The highest BCUT2D eigenvalue weighted by Crippen LogP contribution is 2.27. The molecule has 0 saturated carbocycles. The summed E-state index contributed by atoms with van der Waals surface area (Å²) in [6, 6.07) is 4.77. The standard InChI is InChI=1S/C9H8Cl2O2/c10-6-1-2-8(11)7(5-6)9(13)3-4-12/h1-2,4-5,9,13H,3H2. The predicted molar refractivity (Wildman–Crippen MR) is 52.1 cm³/mol. The third-order valence-electron chi connectivity index (χ3n) is 1.64. The van der Waals surface area contributed by atoms with E-state index in [-0.39, 0.29) is 6.42 Å². The highest BCUT2D eigenvalue weighted by Gasteiger charge is 2.11. The van der Waals surface area contributed by atoms with E-state index >= 15 is 0 Å². The number of hydrogen-bond donors (Lipinski definition) is 1. The Morgan fingerprint density at radius 2 is 2.15 bits per heavy atom. The number of aldehydes is 1. The smallest absolute Gasteiger partial charge is 0.122 e. The summed E-state index contributed by atoms with van der Waals surface area (Å²) in [4.78, 5) is 10.1. The normalized spacial score (nSPS) is 12.5. The average Bonchev–Trinajstić information content (AvgIpc) is 2.09. The lowest BCUT2D eigenvalue weighted by atomic mass is 10.1. The first-order chi connectivity index (χ1) is 6.15. The Labute approximate surface area is 86.1 Å². The van der Waals surface area contributed by atoms with Gasteiger partial charge in [0.25, 0.3) is 0 Å². The predicted octanol–water partition coefficient (Wildman–Crippen LogP) is 2.62. The second-order valence-electron chi connectivity index (χ2n) is 2.58. The van der Waals surface area contributed by atoms with Gasteiger partial charge in [-0.25, -0.2) is 0 Å². The molecule has 0 aliphatic rings. The minimum absolute atomic E-state index is 0.0278. The summed E-state index contributed by atoms with van der Waals surface area (Å²) in [7, 11) is 0. The van der Waals surface area contributed by atoms with E-state index in [9.17, 15) is 9.90 Å². The van der Waals surface area contributed by atoms with Gasteiger partial charge in [-0.05, 0) is 18.2 Å². The second-order valence-corrected chi connectivity index (χ2v) is 3.43. The van der Waals surface area contributed by atoms with E-state index in [2.05, 4.69) is 0 Å². The van der Waals surface area contributed by atoms with Crippen molar-refractivity contribution in [3.8, 4) is 0 Å². The molecule has 0 amide bonds. The minimum atomic E-state index is -0.872. The third kappa shape index (κ3) is 2.69. The van der Waals surface area contributed by atoms with Crippen LogP contribution >= 0.6 is 23.2 Å². The fourth-order valence-corrected chi connectivity index (χ4v) is 1.41. The van der Waals surface area contributed by atoms with Gasteiger partial charge in [-0.3, -0.25) is 0 Å². The van der Waals surface area contributed by atoms with Crippen molar-refractivity contribution in [2.45, 2.75) is 12.5 Å². The zero-order chi connectivity index (χ0) is 9.84.